The van der Waals surface area contributed by atoms with E-state index in [1.165, 1.54) is 14.2 Å². The third kappa shape index (κ3) is 2.85. The van der Waals surface area contributed by atoms with E-state index in [2.05, 4.69) is 15.6 Å². The van der Waals surface area contributed by atoms with Gasteiger partial charge in [0, 0.05) is 18.2 Å². The van der Waals surface area contributed by atoms with Crippen molar-refractivity contribution in [3.8, 4) is 0 Å². The lowest BCUT2D eigenvalue weighted by Crippen LogP contribution is -2.29. The average Bonchev–Trinajstić information content (AvgIpc) is 2.43. The van der Waals surface area contributed by atoms with Crippen molar-refractivity contribution < 1.29 is 9.63 Å². The minimum atomic E-state index is -0.339. The van der Waals surface area contributed by atoms with Crippen LogP contribution < -0.4 is 11.2 Å². The SMILES string of the molecule is CNC(=O)/C(=N/OC)c1ccccc1/C(C)=N/N. The first-order chi connectivity index (χ1) is 8.65. The van der Waals surface area contributed by atoms with Gasteiger partial charge in [-0.3, -0.25) is 4.79 Å². The molecular formula is C12H16N4O2. The van der Waals surface area contributed by atoms with Crippen LogP contribution in [0.25, 0.3) is 0 Å². The van der Waals surface area contributed by atoms with E-state index in [1.54, 1.807) is 19.1 Å². The molecule has 1 aromatic carbocycles. The number of rotatable bonds is 4. The van der Waals surface area contributed by atoms with E-state index in [1.807, 2.05) is 12.1 Å². The quantitative estimate of drug-likeness (QED) is 0.461. The van der Waals surface area contributed by atoms with Gasteiger partial charge in [0.05, 0.1) is 5.71 Å². The van der Waals surface area contributed by atoms with Crippen LogP contribution in [0.1, 0.15) is 18.1 Å². The highest BCUT2D eigenvalue weighted by atomic mass is 16.6. The molecule has 1 aromatic rings. The summed E-state index contributed by atoms with van der Waals surface area (Å²) < 4.78 is 0. The van der Waals surface area contributed by atoms with E-state index in [-0.39, 0.29) is 11.6 Å². The summed E-state index contributed by atoms with van der Waals surface area (Å²) in [6.07, 6.45) is 0. The Balaban J connectivity index is 3.38. The van der Waals surface area contributed by atoms with Crippen molar-refractivity contribution >= 4 is 17.3 Å². The minimum absolute atomic E-state index is 0.179. The molecule has 1 rings (SSSR count). The summed E-state index contributed by atoms with van der Waals surface area (Å²) in [4.78, 5) is 16.5. The number of hydrazone groups is 1. The average molecular weight is 248 g/mol. The van der Waals surface area contributed by atoms with Crippen LogP contribution in [0.4, 0.5) is 0 Å². The van der Waals surface area contributed by atoms with Crippen molar-refractivity contribution in [2.75, 3.05) is 14.2 Å². The van der Waals surface area contributed by atoms with Crippen molar-refractivity contribution in [3.05, 3.63) is 35.4 Å². The monoisotopic (exact) mass is 248 g/mol. The summed E-state index contributed by atoms with van der Waals surface area (Å²) in [5.74, 6) is 4.93. The molecule has 0 fully saturated rings. The molecule has 96 valence electrons. The fourth-order valence-corrected chi connectivity index (χ4v) is 1.50. The highest BCUT2D eigenvalue weighted by molar-refractivity contribution is 6.46. The molecule has 6 heteroatoms. The molecule has 0 aromatic heterocycles. The van der Waals surface area contributed by atoms with Gasteiger partial charge in [-0.1, -0.05) is 29.4 Å². The van der Waals surface area contributed by atoms with Crippen LogP contribution in [0.15, 0.2) is 34.5 Å². The summed E-state index contributed by atoms with van der Waals surface area (Å²) >= 11 is 0. The van der Waals surface area contributed by atoms with Crippen molar-refractivity contribution in [1.29, 1.82) is 0 Å². The zero-order valence-corrected chi connectivity index (χ0v) is 10.6. The van der Waals surface area contributed by atoms with Gasteiger partial charge in [-0.15, -0.1) is 0 Å². The van der Waals surface area contributed by atoms with Gasteiger partial charge in [-0.2, -0.15) is 5.10 Å². The molecule has 0 spiro atoms. The summed E-state index contributed by atoms with van der Waals surface area (Å²) in [5.41, 5.74) is 2.14. The van der Waals surface area contributed by atoms with E-state index >= 15 is 0 Å². The summed E-state index contributed by atoms with van der Waals surface area (Å²) in [5, 5.41) is 9.90. The lowest BCUT2D eigenvalue weighted by atomic mass is 9.99. The first-order valence-corrected chi connectivity index (χ1v) is 5.33. The predicted molar refractivity (Wildman–Crippen MR) is 70.5 cm³/mol. The Morgan fingerprint density at radius 1 is 1.33 bits per heavy atom. The highest BCUT2D eigenvalue weighted by Crippen LogP contribution is 2.12. The fourth-order valence-electron chi connectivity index (χ4n) is 1.50. The summed E-state index contributed by atoms with van der Waals surface area (Å²) in [6.45, 7) is 1.76. The van der Waals surface area contributed by atoms with Gasteiger partial charge in [0.2, 0.25) is 0 Å². The summed E-state index contributed by atoms with van der Waals surface area (Å²) in [6, 6.07) is 7.21. The Hall–Kier alpha value is -2.37. The van der Waals surface area contributed by atoms with Crippen LogP contribution in [0.5, 0.6) is 0 Å². The molecule has 18 heavy (non-hydrogen) atoms. The second-order valence-electron chi connectivity index (χ2n) is 3.46. The number of carbonyl (C=O) groups is 1. The molecule has 0 heterocycles. The van der Waals surface area contributed by atoms with E-state index in [4.69, 9.17) is 10.7 Å². The Kier molecular flexibility index (Phi) is 4.86. The molecule has 0 bridgehead atoms. The van der Waals surface area contributed by atoms with E-state index < -0.39 is 0 Å². The number of likely N-dealkylation sites (N-methyl/N-ethyl adjacent to an activating group) is 1. The number of carbonyl (C=O) groups excluding carboxylic acids is 1. The Morgan fingerprint density at radius 2 is 1.94 bits per heavy atom. The first kappa shape index (κ1) is 13.7. The fraction of sp³-hybridized carbons (Fsp3) is 0.250. The van der Waals surface area contributed by atoms with Gasteiger partial charge < -0.3 is 16.0 Å². The van der Waals surface area contributed by atoms with Crippen molar-refractivity contribution in [1.82, 2.24) is 5.32 Å². The van der Waals surface area contributed by atoms with E-state index in [0.29, 0.717) is 11.3 Å². The van der Waals surface area contributed by atoms with E-state index in [0.717, 1.165) is 5.56 Å². The largest absolute Gasteiger partial charge is 0.398 e. The number of amides is 1. The van der Waals surface area contributed by atoms with Crippen LogP contribution in [0.3, 0.4) is 0 Å². The molecular weight excluding hydrogens is 232 g/mol. The molecule has 0 atom stereocenters. The second-order valence-corrected chi connectivity index (χ2v) is 3.46. The molecule has 0 aliphatic heterocycles. The molecule has 0 saturated carbocycles. The van der Waals surface area contributed by atoms with Gasteiger partial charge in [0.25, 0.3) is 5.91 Å². The lowest BCUT2D eigenvalue weighted by Gasteiger charge is -2.09. The molecule has 0 aliphatic rings. The highest BCUT2D eigenvalue weighted by Gasteiger charge is 2.18. The number of oxime groups is 1. The number of nitrogens with zero attached hydrogens (tertiary/aromatic N) is 2. The van der Waals surface area contributed by atoms with Crippen molar-refractivity contribution in [2.24, 2.45) is 16.1 Å². The van der Waals surface area contributed by atoms with Gasteiger partial charge in [0.1, 0.15) is 7.11 Å². The van der Waals surface area contributed by atoms with Gasteiger partial charge in [-0.05, 0) is 6.92 Å². The number of nitrogens with one attached hydrogen (secondary N) is 1. The number of benzene rings is 1. The molecule has 0 aliphatic carbocycles. The maximum atomic E-state index is 11.8. The van der Waals surface area contributed by atoms with Gasteiger partial charge in [-0.25, -0.2) is 0 Å². The van der Waals surface area contributed by atoms with Crippen LogP contribution in [0, 0.1) is 0 Å². The predicted octanol–water partition coefficient (Wildman–Crippen LogP) is 0.466. The lowest BCUT2D eigenvalue weighted by molar-refractivity contribution is -0.114. The van der Waals surface area contributed by atoms with E-state index in [9.17, 15) is 4.79 Å². The standard InChI is InChI=1S/C12H16N4O2/c1-8(15-13)9-6-4-5-7-10(9)11(16-18-3)12(17)14-2/h4-7H,13H2,1-3H3,(H,14,17)/b15-8+,16-11+. The van der Waals surface area contributed by atoms with Gasteiger partial charge >= 0.3 is 0 Å². The maximum absolute atomic E-state index is 11.8. The Labute approximate surface area is 106 Å². The van der Waals surface area contributed by atoms with Crippen molar-refractivity contribution in [2.45, 2.75) is 6.92 Å². The number of nitrogens with two attached hydrogens (primary N) is 1. The topological polar surface area (TPSA) is 89.1 Å². The first-order valence-electron chi connectivity index (χ1n) is 5.33. The molecule has 6 nitrogen and oxygen atoms in total. The maximum Gasteiger partial charge on any atom is 0.273 e. The molecule has 0 saturated heterocycles. The minimum Gasteiger partial charge on any atom is -0.398 e. The zero-order valence-electron chi connectivity index (χ0n) is 10.6. The van der Waals surface area contributed by atoms with Gasteiger partial charge in [0.15, 0.2) is 5.71 Å². The molecule has 0 radical (unpaired) electrons. The Morgan fingerprint density at radius 3 is 2.44 bits per heavy atom. The van der Waals surface area contributed by atoms with Crippen molar-refractivity contribution in [3.63, 3.8) is 0 Å². The molecule has 0 unspecified atom stereocenters. The molecule has 3 N–H and O–H groups in total. The summed E-state index contributed by atoms with van der Waals surface area (Å²) in [7, 11) is 2.91. The zero-order chi connectivity index (χ0) is 13.5. The normalized spacial score (nSPS) is 12.2. The number of hydrogen-bond acceptors (Lipinski definition) is 5. The van der Waals surface area contributed by atoms with Crippen LogP contribution >= 0.6 is 0 Å². The van der Waals surface area contributed by atoms with Crippen LogP contribution in [-0.4, -0.2) is 31.5 Å². The Bertz CT molecular complexity index is 495. The molecule has 1 amide bonds. The van der Waals surface area contributed by atoms with Crippen LogP contribution in [-0.2, 0) is 9.63 Å². The second kappa shape index (κ2) is 6.39. The number of hydrogen-bond donors (Lipinski definition) is 2. The van der Waals surface area contributed by atoms with Crippen LogP contribution in [0.2, 0.25) is 0 Å². The third-order valence-electron chi connectivity index (χ3n) is 2.39. The smallest absolute Gasteiger partial charge is 0.273 e. The third-order valence-corrected chi connectivity index (χ3v) is 2.39.